The second kappa shape index (κ2) is 9.29. The molecule has 0 bridgehead atoms. The van der Waals surface area contributed by atoms with Gasteiger partial charge >= 0.3 is 0 Å². The molecule has 1 fully saturated rings. The second-order valence-corrected chi connectivity index (χ2v) is 6.45. The van der Waals surface area contributed by atoms with E-state index in [1.54, 1.807) is 57.7 Å². The number of anilines is 1. The van der Waals surface area contributed by atoms with E-state index < -0.39 is 6.04 Å². The topological polar surface area (TPSA) is 86.3 Å². The van der Waals surface area contributed by atoms with Crippen molar-refractivity contribution >= 4 is 17.5 Å². The Morgan fingerprint density at radius 3 is 2.59 bits per heavy atom. The summed E-state index contributed by atoms with van der Waals surface area (Å²) in [5.74, 6) is 1.25. The summed E-state index contributed by atoms with van der Waals surface area (Å²) in [7, 11) is 4.67. The molecule has 0 saturated carbocycles. The smallest absolute Gasteiger partial charge is 0.249 e. The van der Waals surface area contributed by atoms with E-state index in [1.807, 2.05) is 6.07 Å². The van der Waals surface area contributed by atoms with E-state index in [2.05, 4.69) is 5.32 Å². The van der Waals surface area contributed by atoms with Gasteiger partial charge in [-0.05, 0) is 24.3 Å². The predicted molar refractivity (Wildman–Crippen MR) is 106 cm³/mol. The Hall–Kier alpha value is -3.26. The zero-order valence-corrected chi connectivity index (χ0v) is 16.6. The van der Waals surface area contributed by atoms with Crippen LogP contribution in [0.1, 0.15) is 5.56 Å². The molecule has 2 aromatic carbocycles. The Morgan fingerprint density at radius 1 is 1.10 bits per heavy atom. The molecule has 1 heterocycles. The van der Waals surface area contributed by atoms with Gasteiger partial charge in [0.2, 0.25) is 11.8 Å². The lowest BCUT2D eigenvalue weighted by atomic mass is 10.1. The first-order valence-corrected chi connectivity index (χ1v) is 9.08. The zero-order valence-electron chi connectivity index (χ0n) is 16.6. The van der Waals surface area contributed by atoms with Crippen molar-refractivity contribution < 1.29 is 28.5 Å². The van der Waals surface area contributed by atoms with Crippen molar-refractivity contribution in [3.05, 3.63) is 48.0 Å². The van der Waals surface area contributed by atoms with E-state index in [1.165, 1.54) is 4.90 Å². The van der Waals surface area contributed by atoms with Gasteiger partial charge in [0.25, 0.3) is 0 Å². The number of hydrogen-bond donors (Lipinski definition) is 1. The molecule has 29 heavy (non-hydrogen) atoms. The van der Waals surface area contributed by atoms with Crippen LogP contribution in [0.4, 0.5) is 5.69 Å². The molecule has 2 aromatic rings. The number of carbonyl (C=O) groups excluding carboxylic acids is 2. The fourth-order valence-electron chi connectivity index (χ4n) is 3.11. The van der Waals surface area contributed by atoms with Crippen LogP contribution in [-0.2, 0) is 20.9 Å². The molecule has 1 saturated heterocycles. The van der Waals surface area contributed by atoms with Gasteiger partial charge in [-0.1, -0.05) is 6.07 Å². The third-order valence-corrected chi connectivity index (χ3v) is 4.67. The number of morpholine rings is 1. The first-order chi connectivity index (χ1) is 14.0. The number of ether oxygens (including phenoxy) is 4. The van der Waals surface area contributed by atoms with Crippen molar-refractivity contribution in [2.24, 2.45) is 0 Å². The van der Waals surface area contributed by atoms with Crippen LogP contribution in [0, 0.1) is 0 Å². The van der Waals surface area contributed by atoms with Crippen LogP contribution >= 0.6 is 0 Å². The van der Waals surface area contributed by atoms with Crippen molar-refractivity contribution in [3.8, 4) is 17.2 Å². The van der Waals surface area contributed by atoms with Gasteiger partial charge in [-0.3, -0.25) is 9.59 Å². The molecule has 1 aliphatic rings. The Morgan fingerprint density at radius 2 is 1.86 bits per heavy atom. The highest BCUT2D eigenvalue weighted by atomic mass is 16.5. The molecule has 0 aliphatic carbocycles. The number of rotatable bonds is 7. The van der Waals surface area contributed by atoms with Gasteiger partial charge in [0, 0.05) is 23.4 Å². The highest BCUT2D eigenvalue weighted by molar-refractivity contribution is 5.98. The van der Waals surface area contributed by atoms with Crippen LogP contribution in [0.15, 0.2) is 42.5 Å². The molecule has 0 aromatic heterocycles. The number of nitrogens with one attached hydrogen (secondary N) is 1. The number of carbonyl (C=O) groups is 2. The summed E-state index contributed by atoms with van der Waals surface area (Å²) in [4.78, 5) is 26.9. The van der Waals surface area contributed by atoms with Crippen LogP contribution in [0.5, 0.6) is 17.2 Å². The molecule has 1 N–H and O–H groups in total. The molecule has 0 spiro atoms. The van der Waals surface area contributed by atoms with E-state index >= 15 is 0 Å². The SMILES string of the molecule is COc1cccc(NC(=O)[C@@H]2COCC(=O)N2Cc2ccc(OC)cc2OC)c1. The van der Waals surface area contributed by atoms with Crippen LogP contribution in [-0.4, -0.2) is 57.3 Å². The van der Waals surface area contributed by atoms with Crippen molar-refractivity contribution in [2.45, 2.75) is 12.6 Å². The van der Waals surface area contributed by atoms with E-state index in [-0.39, 0.29) is 31.6 Å². The molecule has 1 atom stereocenters. The standard InChI is InChI=1S/C21H24N2O6/c1-26-16-6-4-5-15(9-16)22-21(25)18-12-29-13-20(24)23(18)11-14-7-8-17(27-2)10-19(14)28-3/h4-10,18H,11-13H2,1-3H3,(H,22,25)/t18-/m0/s1. The summed E-state index contributed by atoms with van der Waals surface area (Å²) in [5, 5.41) is 2.83. The molecule has 0 radical (unpaired) electrons. The molecular weight excluding hydrogens is 376 g/mol. The summed E-state index contributed by atoms with van der Waals surface area (Å²) in [5.41, 5.74) is 1.34. The average Bonchev–Trinajstić information content (AvgIpc) is 2.75. The van der Waals surface area contributed by atoms with Crippen LogP contribution in [0.25, 0.3) is 0 Å². The largest absolute Gasteiger partial charge is 0.497 e. The lowest BCUT2D eigenvalue weighted by Gasteiger charge is -2.34. The Labute approximate surface area is 169 Å². The summed E-state index contributed by atoms with van der Waals surface area (Å²) < 4.78 is 21.1. The van der Waals surface area contributed by atoms with Gasteiger partial charge in [0.05, 0.1) is 34.5 Å². The molecule has 8 heteroatoms. The number of methoxy groups -OCH3 is 3. The van der Waals surface area contributed by atoms with Gasteiger partial charge in [0.1, 0.15) is 29.9 Å². The Bertz CT molecular complexity index is 885. The summed E-state index contributed by atoms with van der Waals surface area (Å²) >= 11 is 0. The van der Waals surface area contributed by atoms with Crippen molar-refractivity contribution in [1.82, 2.24) is 4.90 Å². The fourth-order valence-corrected chi connectivity index (χ4v) is 3.11. The zero-order chi connectivity index (χ0) is 20.8. The van der Waals surface area contributed by atoms with Crippen LogP contribution in [0.2, 0.25) is 0 Å². The molecule has 154 valence electrons. The lowest BCUT2D eigenvalue weighted by Crippen LogP contribution is -2.54. The van der Waals surface area contributed by atoms with E-state index in [4.69, 9.17) is 18.9 Å². The molecule has 1 aliphatic heterocycles. The number of hydrogen-bond acceptors (Lipinski definition) is 6. The molecule has 0 unspecified atom stereocenters. The second-order valence-electron chi connectivity index (χ2n) is 6.45. The van der Waals surface area contributed by atoms with Crippen LogP contribution in [0.3, 0.4) is 0 Å². The summed E-state index contributed by atoms with van der Waals surface area (Å²) in [6.07, 6.45) is 0. The van der Waals surface area contributed by atoms with Gasteiger partial charge in [-0.25, -0.2) is 0 Å². The minimum Gasteiger partial charge on any atom is -0.497 e. The maximum atomic E-state index is 12.9. The summed E-state index contributed by atoms with van der Waals surface area (Å²) in [6.45, 7) is 0.257. The quantitative estimate of drug-likeness (QED) is 0.766. The molecule has 3 rings (SSSR count). The van der Waals surface area contributed by atoms with Crippen molar-refractivity contribution in [1.29, 1.82) is 0 Å². The number of nitrogens with zero attached hydrogens (tertiary/aromatic N) is 1. The van der Waals surface area contributed by atoms with Crippen molar-refractivity contribution in [2.75, 3.05) is 39.9 Å². The van der Waals surface area contributed by atoms with Gasteiger partial charge < -0.3 is 29.2 Å². The monoisotopic (exact) mass is 400 g/mol. The average molecular weight is 400 g/mol. The lowest BCUT2D eigenvalue weighted by molar-refractivity contribution is -0.154. The normalized spacial score (nSPS) is 16.3. The maximum Gasteiger partial charge on any atom is 0.249 e. The third-order valence-electron chi connectivity index (χ3n) is 4.67. The number of benzene rings is 2. The molecular formula is C21H24N2O6. The highest BCUT2D eigenvalue weighted by Gasteiger charge is 2.34. The minimum atomic E-state index is -0.769. The first-order valence-electron chi connectivity index (χ1n) is 9.08. The highest BCUT2D eigenvalue weighted by Crippen LogP contribution is 2.27. The van der Waals surface area contributed by atoms with Gasteiger partial charge in [0.15, 0.2) is 0 Å². The fraction of sp³-hybridized carbons (Fsp3) is 0.333. The first kappa shape index (κ1) is 20.5. The third kappa shape index (κ3) is 4.78. The van der Waals surface area contributed by atoms with Gasteiger partial charge in [-0.15, -0.1) is 0 Å². The predicted octanol–water partition coefficient (Wildman–Crippen LogP) is 2.08. The molecule has 2 amide bonds. The minimum absolute atomic E-state index is 0.0680. The van der Waals surface area contributed by atoms with Gasteiger partial charge in [-0.2, -0.15) is 0 Å². The van der Waals surface area contributed by atoms with Crippen molar-refractivity contribution in [3.63, 3.8) is 0 Å². The van der Waals surface area contributed by atoms with E-state index in [0.29, 0.717) is 22.9 Å². The van der Waals surface area contributed by atoms with Crippen LogP contribution < -0.4 is 19.5 Å². The number of amides is 2. The Kier molecular flexibility index (Phi) is 6.56. The van der Waals surface area contributed by atoms with E-state index in [9.17, 15) is 9.59 Å². The Balaban J connectivity index is 1.80. The van der Waals surface area contributed by atoms with E-state index in [0.717, 1.165) is 5.56 Å². The molecule has 8 nitrogen and oxygen atoms in total. The maximum absolute atomic E-state index is 12.9. The summed E-state index contributed by atoms with van der Waals surface area (Å²) in [6, 6.07) is 11.6.